The molecule has 1 rings (SSSR count). The highest BCUT2D eigenvalue weighted by atomic mass is 32.1. The van der Waals surface area contributed by atoms with Crippen molar-refractivity contribution in [2.45, 2.75) is 6.92 Å². The molecule has 0 spiro atoms. The molecule has 96 valence electrons. The number of hydrogen-bond acceptors (Lipinski definition) is 4. The standard InChI is InChI=1S/C12H15N3O2S/c1-8(7-14-15-12(13)18)5-9-3-4-10(16)11(6-9)17-2/h3-7,16H,1-2H3,(H3,13,15,18)/b8-5+,14-7+. The van der Waals surface area contributed by atoms with Crippen LogP contribution in [0.5, 0.6) is 11.5 Å². The average molecular weight is 265 g/mol. The number of methoxy groups -OCH3 is 1. The number of allylic oxidation sites excluding steroid dienone is 1. The monoisotopic (exact) mass is 265 g/mol. The van der Waals surface area contributed by atoms with E-state index in [0.717, 1.165) is 11.1 Å². The summed E-state index contributed by atoms with van der Waals surface area (Å²) >= 11 is 4.61. The molecule has 0 amide bonds. The van der Waals surface area contributed by atoms with Crippen LogP contribution in [0.3, 0.4) is 0 Å². The van der Waals surface area contributed by atoms with Gasteiger partial charge < -0.3 is 15.6 Å². The minimum Gasteiger partial charge on any atom is -0.504 e. The largest absolute Gasteiger partial charge is 0.504 e. The van der Waals surface area contributed by atoms with Gasteiger partial charge in [-0.2, -0.15) is 5.10 Å². The Balaban J connectivity index is 2.82. The zero-order chi connectivity index (χ0) is 13.5. The van der Waals surface area contributed by atoms with E-state index in [1.54, 1.807) is 24.4 Å². The van der Waals surface area contributed by atoms with Crippen LogP contribution in [0.25, 0.3) is 6.08 Å². The van der Waals surface area contributed by atoms with Gasteiger partial charge in [0.1, 0.15) is 0 Å². The van der Waals surface area contributed by atoms with Gasteiger partial charge in [-0.3, -0.25) is 5.43 Å². The molecule has 0 aliphatic heterocycles. The van der Waals surface area contributed by atoms with E-state index < -0.39 is 0 Å². The van der Waals surface area contributed by atoms with Crippen molar-refractivity contribution < 1.29 is 9.84 Å². The van der Waals surface area contributed by atoms with Crippen molar-refractivity contribution in [3.8, 4) is 11.5 Å². The normalized spacial score (nSPS) is 11.6. The predicted molar refractivity (Wildman–Crippen MR) is 76.7 cm³/mol. The van der Waals surface area contributed by atoms with Crippen LogP contribution in [0.1, 0.15) is 12.5 Å². The Hall–Kier alpha value is -2.08. The van der Waals surface area contributed by atoms with Gasteiger partial charge in [0.15, 0.2) is 16.6 Å². The second kappa shape index (κ2) is 6.61. The smallest absolute Gasteiger partial charge is 0.184 e. The van der Waals surface area contributed by atoms with Gasteiger partial charge in [0.25, 0.3) is 0 Å². The number of hydrogen-bond donors (Lipinski definition) is 3. The average Bonchev–Trinajstić information content (AvgIpc) is 2.31. The van der Waals surface area contributed by atoms with E-state index >= 15 is 0 Å². The van der Waals surface area contributed by atoms with E-state index in [9.17, 15) is 5.11 Å². The van der Waals surface area contributed by atoms with Gasteiger partial charge in [-0.25, -0.2) is 0 Å². The maximum Gasteiger partial charge on any atom is 0.184 e. The minimum absolute atomic E-state index is 0.108. The fourth-order valence-corrected chi connectivity index (χ4v) is 1.33. The van der Waals surface area contributed by atoms with E-state index in [-0.39, 0.29) is 10.9 Å². The summed E-state index contributed by atoms with van der Waals surface area (Å²) < 4.78 is 5.02. The Morgan fingerprint density at radius 2 is 2.28 bits per heavy atom. The molecule has 0 saturated heterocycles. The van der Waals surface area contributed by atoms with Gasteiger partial charge in [-0.05, 0) is 42.4 Å². The molecular weight excluding hydrogens is 250 g/mol. The van der Waals surface area contributed by atoms with Crippen LogP contribution in [-0.2, 0) is 0 Å². The van der Waals surface area contributed by atoms with Crippen molar-refractivity contribution in [2.24, 2.45) is 10.8 Å². The third-order valence-electron chi connectivity index (χ3n) is 2.04. The number of nitrogens with two attached hydrogens (primary N) is 1. The summed E-state index contributed by atoms with van der Waals surface area (Å²) in [5.41, 5.74) is 9.48. The summed E-state index contributed by atoms with van der Waals surface area (Å²) in [5.74, 6) is 0.533. The van der Waals surface area contributed by atoms with Gasteiger partial charge in [0, 0.05) is 0 Å². The van der Waals surface area contributed by atoms with Gasteiger partial charge in [0.05, 0.1) is 13.3 Å². The summed E-state index contributed by atoms with van der Waals surface area (Å²) in [6, 6.07) is 5.08. The van der Waals surface area contributed by atoms with Crippen molar-refractivity contribution in [3.63, 3.8) is 0 Å². The lowest BCUT2D eigenvalue weighted by molar-refractivity contribution is 0.373. The van der Waals surface area contributed by atoms with Crippen molar-refractivity contribution in [1.82, 2.24) is 5.43 Å². The molecule has 0 radical (unpaired) electrons. The zero-order valence-corrected chi connectivity index (χ0v) is 11.0. The van der Waals surface area contributed by atoms with Crippen LogP contribution in [0, 0.1) is 0 Å². The quantitative estimate of drug-likeness (QED) is 0.438. The number of hydrazone groups is 1. The lowest BCUT2D eigenvalue weighted by Crippen LogP contribution is -2.23. The van der Waals surface area contributed by atoms with Gasteiger partial charge >= 0.3 is 0 Å². The third kappa shape index (κ3) is 4.42. The molecule has 5 nitrogen and oxygen atoms in total. The Morgan fingerprint density at radius 1 is 1.56 bits per heavy atom. The molecule has 18 heavy (non-hydrogen) atoms. The Morgan fingerprint density at radius 3 is 2.89 bits per heavy atom. The zero-order valence-electron chi connectivity index (χ0n) is 10.2. The fourth-order valence-electron chi connectivity index (χ4n) is 1.28. The first kappa shape index (κ1) is 14.0. The molecule has 6 heteroatoms. The van der Waals surface area contributed by atoms with Crippen LogP contribution in [0.15, 0.2) is 28.9 Å². The number of phenols is 1. The van der Waals surface area contributed by atoms with Crippen molar-refractivity contribution >= 4 is 29.6 Å². The van der Waals surface area contributed by atoms with E-state index in [1.807, 2.05) is 13.0 Å². The first-order valence-electron chi connectivity index (χ1n) is 5.16. The molecule has 0 aliphatic carbocycles. The van der Waals surface area contributed by atoms with Crippen LogP contribution in [0.4, 0.5) is 0 Å². The summed E-state index contributed by atoms with van der Waals surface area (Å²) in [7, 11) is 1.50. The van der Waals surface area contributed by atoms with E-state index in [2.05, 4.69) is 22.7 Å². The molecule has 0 aromatic heterocycles. The predicted octanol–water partition coefficient (Wildman–Crippen LogP) is 1.62. The maximum absolute atomic E-state index is 9.46. The Bertz CT molecular complexity index is 498. The van der Waals surface area contributed by atoms with Crippen LogP contribution < -0.4 is 15.9 Å². The van der Waals surface area contributed by atoms with Crippen molar-refractivity contribution in [1.29, 1.82) is 0 Å². The lowest BCUT2D eigenvalue weighted by atomic mass is 10.1. The van der Waals surface area contributed by atoms with Crippen molar-refractivity contribution in [3.05, 3.63) is 29.3 Å². The van der Waals surface area contributed by atoms with Gasteiger partial charge in [-0.1, -0.05) is 12.1 Å². The summed E-state index contributed by atoms with van der Waals surface area (Å²) in [6.45, 7) is 1.88. The van der Waals surface area contributed by atoms with Crippen LogP contribution in [0.2, 0.25) is 0 Å². The molecule has 0 fully saturated rings. The molecule has 1 aromatic rings. The first-order chi connectivity index (χ1) is 8.52. The second-order valence-electron chi connectivity index (χ2n) is 3.55. The molecule has 0 atom stereocenters. The molecule has 1 aromatic carbocycles. The SMILES string of the molecule is COc1cc(/C=C(C)/C=N/NC(N)=S)ccc1O. The number of thiocarbonyl (C=S) groups is 1. The summed E-state index contributed by atoms with van der Waals surface area (Å²) in [4.78, 5) is 0. The number of rotatable bonds is 4. The lowest BCUT2D eigenvalue weighted by Gasteiger charge is -2.04. The molecule has 0 aliphatic rings. The number of nitrogens with zero attached hydrogens (tertiary/aromatic N) is 1. The molecule has 0 unspecified atom stereocenters. The highest BCUT2D eigenvalue weighted by Crippen LogP contribution is 2.26. The number of ether oxygens (including phenoxy) is 1. The molecule has 4 N–H and O–H groups in total. The minimum atomic E-state index is 0.108. The van der Waals surface area contributed by atoms with E-state index in [1.165, 1.54) is 7.11 Å². The van der Waals surface area contributed by atoms with Crippen LogP contribution in [-0.4, -0.2) is 23.5 Å². The molecular formula is C12H15N3O2S. The number of aromatic hydroxyl groups is 1. The Labute approximate surface area is 111 Å². The Kier molecular flexibility index (Phi) is 5.13. The van der Waals surface area contributed by atoms with E-state index in [0.29, 0.717) is 5.75 Å². The van der Waals surface area contributed by atoms with Crippen molar-refractivity contribution in [2.75, 3.05) is 7.11 Å². The highest BCUT2D eigenvalue weighted by Gasteiger charge is 2.00. The van der Waals surface area contributed by atoms with Gasteiger partial charge in [0.2, 0.25) is 0 Å². The first-order valence-corrected chi connectivity index (χ1v) is 5.57. The molecule has 0 bridgehead atoms. The third-order valence-corrected chi connectivity index (χ3v) is 2.13. The van der Waals surface area contributed by atoms with Gasteiger partial charge in [-0.15, -0.1) is 0 Å². The number of phenolic OH excluding ortho intramolecular Hbond substituents is 1. The second-order valence-corrected chi connectivity index (χ2v) is 3.99. The topological polar surface area (TPSA) is 79.9 Å². The maximum atomic E-state index is 9.46. The van der Waals surface area contributed by atoms with Crippen LogP contribution >= 0.6 is 12.2 Å². The summed E-state index contributed by atoms with van der Waals surface area (Å²) in [6.07, 6.45) is 3.48. The highest BCUT2D eigenvalue weighted by molar-refractivity contribution is 7.80. The number of benzene rings is 1. The number of nitrogens with one attached hydrogen (secondary N) is 1. The summed E-state index contributed by atoms with van der Waals surface area (Å²) in [5, 5.41) is 13.4. The molecule has 0 saturated carbocycles. The fraction of sp³-hybridized carbons (Fsp3) is 0.167. The van der Waals surface area contributed by atoms with E-state index in [4.69, 9.17) is 10.5 Å². The molecule has 0 heterocycles.